The minimum absolute atomic E-state index is 0.134. The minimum Gasteiger partial charge on any atom is -0.469 e. The van der Waals surface area contributed by atoms with Gasteiger partial charge in [0.05, 0.1) is 31.1 Å². The first-order valence-electron chi connectivity index (χ1n) is 6.70. The SMILES string of the molecule is COC(=O)C[C@@H]1O[C@@H](OC)[C@H](OCc2ccccc2)[C@H]1Br. The maximum absolute atomic E-state index is 11.4. The molecule has 0 bridgehead atoms. The lowest BCUT2D eigenvalue weighted by Crippen LogP contribution is -2.32. The highest BCUT2D eigenvalue weighted by Gasteiger charge is 2.45. The Labute approximate surface area is 132 Å². The molecule has 5 nitrogen and oxygen atoms in total. The van der Waals surface area contributed by atoms with E-state index in [2.05, 4.69) is 20.7 Å². The maximum Gasteiger partial charge on any atom is 0.308 e. The van der Waals surface area contributed by atoms with Gasteiger partial charge < -0.3 is 18.9 Å². The second-order valence-electron chi connectivity index (χ2n) is 4.76. The predicted molar refractivity (Wildman–Crippen MR) is 80.0 cm³/mol. The molecule has 1 aromatic rings. The van der Waals surface area contributed by atoms with Crippen molar-refractivity contribution in [3.05, 3.63) is 35.9 Å². The number of esters is 1. The van der Waals surface area contributed by atoms with Crippen molar-refractivity contribution in [1.82, 2.24) is 0 Å². The van der Waals surface area contributed by atoms with Crippen LogP contribution in [0.25, 0.3) is 0 Å². The van der Waals surface area contributed by atoms with Crippen molar-refractivity contribution in [2.45, 2.75) is 36.4 Å². The van der Waals surface area contributed by atoms with E-state index in [4.69, 9.17) is 14.2 Å². The van der Waals surface area contributed by atoms with Gasteiger partial charge in [-0.15, -0.1) is 0 Å². The summed E-state index contributed by atoms with van der Waals surface area (Å²) in [6, 6.07) is 9.87. The molecule has 0 unspecified atom stereocenters. The number of methoxy groups -OCH3 is 2. The zero-order chi connectivity index (χ0) is 15.2. The highest BCUT2D eigenvalue weighted by atomic mass is 79.9. The summed E-state index contributed by atoms with van der Waals surface area (Å²) in [6.45, 7) is 0.460. The Morgan fingerprint density at radius 1 is 1.29 bits per heavy atom. The van der Waals surface area contributed by atoms with Crippen LogP contribution in [0, 0.1) is 0 Å². The van der Waals surface area contributed by atoms with Crippen molar-refractivity contribution in [2.75, 3.05) is 14.2 Å². The number of ether oxygens (including phenoxy) is 4. The standard InChI is InChI=1S/C15H19BrO5/c1-18-12(17)8-11-13(16)14(15(19-2)21-11)20-9-10-6-4-3-5-7-10/h3-7,11,13-15H,8-9H2,1-2H3/t11-,13-,14+,15+/m0/s1. The van der Waals surface area contributed by atoms with Gasteiger partial charge in [0, 0.05) is 7.11 Å². The van der Waals surface area contributed by atoms with E-state index in [1.54, 1.807) is 7.11 Å². The maximum atomic E-state index is 11.4. The third-order valence-electron chi connectivity index (χ3n) is 3.36. The second-order valence-corrected chi connectivity index (χ2v) is 5.82. The molecule has 1 aliphatic heterocycles. The van der Waals surface area contributed by atoms with Gasteiger partial charge in [-0.25, -0.2) is 0 Å². The van der Waals surface area contributed by atoms with E-state index in [0.717, 1.165) is 5.56 Å². The van der Waals surface area contributed by atoms with E-state index in [0.29, 0.717) is 6.61 Å². The number of benzene rings is 1. The van der Waals surface area contributed by atoms with Crippen LogP contribution in [0.15, 0.2) is 30.3 Å². The highest BCUT2D eigenvalue weighted by Crippen LogP contribution is 2.32. The number of alkyl halides is 1. The molecule has 1 aliphatic rings. The van der Waals surface area contributed by atoms with Gasteiger partial charge in [-0.05, 0) is 5.56 Å². The van der Waals surface area contributed by atoms with Gasteiger partial charge in [0.15, 0.2) is 6.29 Å². The first kappa shape index (κ1) is 16.4. The number of carbonyl (C=O) groups is 1. The summed E-state index contributed by atoms with van der Waals surface area (Å²) in [5.74, 6) is -0.317. The van der Waals surface area contributed by atoms with Gasteiger partial charge in [0.25, 0.3) is 0 Å². The Kier molecular flexibility index (Phi) is 6.17. The van der Waals surface area contributed by atoms with Crippen LogP contribution in [-0.4, -0.2) is 43.5 Å². The Balaban J connectivity index is 1.95. The van der Waals surface area contributed by atoms with Gasteiger partial charge in [-0.2, -0.15) is 0 Å². The van der Waals surface area contributed by atoms with Crippen molar-refractivity contribution in [2.24, 2.45) is 0 Å². The van der Waals surface area contributed by atoms with Crippen molar-refractivity contribution in [3.63, 3.8) is 0 Å². The summed E-state index contributed by atoms with van der Waals surface area (Å²) in [4.78, 5) is 11.3. The van der Waals surface area contributed by atoms with Gasteiger partial charge in [0.2, 0.25) is 0 Å². The van der Waals surface area contributed by atoms with Crippen LogP contribution in [0.5, 0.6) is 0 Å². The van der Waals surface area contributed by atoms with Crippen LogP contribution in [0.1, 0.15) is 12.0 Å². The van der Waals surface area contributed by atoms with Crippen molar-refractivity contribution in [3.8, 4) is 0 Å². The summed E-state index contributed by atoms with van der Waals surface area (Å²) < 4.78 is 21.6. The number of hydrogen-bond acceptors (Lipinski definition) is 5. The molecule has 21 heavy (non-hydrogen) atoms. The molecule has 0 aliphatic carbocycles. The molecule has 2 rings (SSSR count). The van der Waals surface area contributed by atoms with Crippen molar-refractivity contribution >= 4 is 21.9 Å². The molecule has 0 amide bonds. The molecule has 6 heteroatoms. The molecule has 0 radical (unpaired) electrons. The zero-order valence-corrected chi connectivity index (χ0v) is 13.6. The van der Waals surface area contributed by atoms with Gasteiger partial charge >= 0.3 is 5.97 Å². The van der Waals surface area contributed by atoms with Crippen LogP contribution in [0.4, 0.5) is 0 Å². The normalized spacial score (nSPS) is 28.5. The molecule has 116 valence electrons. The fourth-order valence-electron chi connectivity index (χ4n) is 2.22. The van der Waals surface area contributed by atoms with Crippen LogP contribution < -0.4 is 0 Å². The third kappa shape index (κ3) is 4.26. The molecular weight excluding hydrogens is 340 g/mol. The lowest BCUT2D eigenvalue weighted by atomic mass is 10.1. The smallest absolute Gasteiger partial charge is 0.308 e. The summed E-state index contributed by atoms with van der Waals surface area (Å²) in [6.07, 6.45) is -0.960. The van der Waals surface area contributed by atoms with Crippen LogP contribution >= 0.6 is 15.9 Å². The molecule has 1 saturated heterocycles. The quantitative estimate of drug-likeness (QED) is 0.576. The van der Waals surface area contributed by atoms with Crippen LogP contribution in [-0.2, 0) is 30.3 Å². The van der Waals surface area contributed by atoms with Crippen molar-refractivity contribution < 1.29 is 23.7 Å². The monoisotopic (exact) mass is 358 g/mol. The Hall–Kier alpha value is -0.950. The molecule has 4 atom stereocenters. The molecule has 1 aromatic carbocycles. The summed E-state index contributed by atoms with van der Waals surface area (Å²) in [7, 11) is 2.92. The lowest BCUT2D eigenvalue weighted by Gasteiger charge is -2.19. The molecule has 0 N–H and O–H groups in total. The van der Waals surface area contributed by atoms with Crippen molar-refractivity contribution in [1.29, 1.82) is 0 Å². The van der Waals surface area contributed by atoms with E-state index in [-0.39, 0.29) is 29.4 Å². The molecule has 0 aromatic heterocycles. The number of carbonyl (C=O) groups excluding carboxylic acids is 1. The first-order chi connectivity index (χ1) is 10.2. The second kappa shape index (κ2) is 7.89. The molecule has 0 spiro atoms. The first-order valence-corrected chi connectivity index (χ1v) is 7.62. The molecule has 1 fully saturated rings. The summed E-state index contributed by atoms with van der Waals surface area (Å²) in [5, 5.41) is 0. The number of rotatable bonds is 6. The van der Waals surface area contributed by atoms with E-state index < -0.39 is 6.29 Å². The molecule has 1 heterocycles. The van der Waals surface area contributed by atoms with Crippen LogP contribution in [0.3, 0.4) is 0 Å². The lowest BCUT2D eigenvalue weighted by molar-refractivity contribution is -0.168. The Bertz CT molecular complexity index is 453. The van der Waals surface area contributed by atoms with Gasteiger partial charge in [-0.3, -0.25) is 4.79 Å². The molecular formula is C15H19BrO5. The van der Waals surface area contributed by atoms with E-state index in [1.165, 1.54) is 7.11 Å². The largest absolute Gasteiger partial charge is 0.469 e. The number of halogens is 1. The van der Waals surface area contributed by atoms with Gasteiger partial charge in [-0.1, -0.05) is 46.3 Å². The average Bonchev–Trinajstić information content (AvgIpc) is 2.82. The fourth-order valence-corrected chi connectivity index (χ4v) is 2.93. The highest BCUT2D eigenvalue weighted by molar-refractivity contribution is 9.09. The molecule has 0 saturated carbocycles. The number of hydrogen-bond donors (Lipinski definition) is 0. The Morgan fingerprint density at radius 2 is 2.00 bits per heavy atom. The zero-order valence-electron chi connectivity index (χ0n) is 12.0. The third-order valence-corrected chi connectivity index (χ3v) is 4.47. The van der Waals surface area contributed by atoms with E-state index in [1.807, 2.05) is 30.3 Å². The van der Waals surface area contributed by atoms with E-state index in [9.17, 15) is 4.79 Å². The summed E-state index contributed by atoms with van der Waals surface area (Å²) in [5.41, 5.74) is 1.07. The predicted octanol–water partition coefficient (Wildman–Crippen LogP) is 2.27. The van der Waals surface area contributed by atoms with E-state index >= 15 is 0 Å². The average molecular weight is 359 g/mol. The van der Waals surface area contributed by atoms with Gasteiger partial charge in [0.1, 0.15) is 6.10 Å². The topological polar surface area (TPSA) is 54.0 Å². The Morgan fingerprint density at radius 3 is 2.62 bits per heavy atom. The fraction of sp³-hybridized carbons (Fsp3) is 0.533. The minimum atomic E-state index is -0.507. The summed E-state index contributed by atoms with van der Waals surface area (Å²) >= 11 is 3.55. The van der Waals surface area contributed by atoms with Crippen LogP contribution in [0.2, 0.25) is 0 Å².